The largest absolute Gasteiger partial charge is 0.496 e. The highest BCUT2D eigenvalue weighted by Gasteiger charge is 2.35. The summed E-state index contributed by atoms with van der Waals surface area (Å²) < 4.78 is 5.41. The fourth-order valence-electron chi connectivity index (χ4n) is 2.84. The summed E-state index contributed by atoms with van der Waals surface area (Å²) in [7, 11) is 1.65. The molecule has 2 aromatic rings. The van der Waals surface area contributed by atoms with Gasteiger partial charge in [-0.3, -0.25) is 4.79 Å². The number of carbonyl (C=O) groups excluding carboxylic acids is 1. The average molecular weight is 331 g/mol. The van der Waals surface area contributed by atoms with Crippen LogP contribution in [-0.2, 0) is 6.42 Å². The van der Waals surface area contributed by atoms with Crippen LogP contribution >= 0.6 is 15.9 Å². The van der Waals surface area contributed by atoms with Crippen LogP contribution < -0.4 is 4.74 Å². The molecule has 0 radical (unpaired) electrons. The van der Waals surface area contributed by atoms with Crippen LogP contribution in [0.25, 0.3) is 0 Å². The molecule has 0 saturated carbocycles. The van der Waals surface area contributed by atoms with Crippen molar-refractivity contribution in [2.75, 3.05) is 7.11 Å². The highest BCUT2D eigenvalue weighted by Crippen LogP contribution is 2.40. The van der Waals surface area contributed by atoms with Gasteiger partial charge in [-0.25, -0.2) is 0 Å². The number of methoxy groups -OCH3 is 1. The molecule has 0 spiro atoms. The smallest absolute Gasteiger partial charge is 0.177 e. The predicted octanol–water partition coefficient (Wildman–Crippen LogP) is 3.98. The molecule has 0 aromatic heterocycles. The lowest BCUT2D eigenvalue weighted by molar-refractivity contribution is 0.0973. The molecule has 3 heteroatoms. The Labute approximate surface area is 126 Å². The summed E-state index contributed by atoms with van der Waals surface area (Å²) in [6, 6.07) is 15.8. The Morgan fingerprint density at radius 1 is 1.10 bits per heavy atom. The molecule has 0 saturated heterocycles. The van der Waals surface area contributed by atoms with Crippen LogP contribution in [-0.4, -0.2) is 17.7 Å². The Bertz CT molecular complexity index is 637. The molecular weight excluding hydrogens is 316 g/mol. The summed E-state index contributed by atoms with van der Waals surface area (Å²) in [5, 5.41) is 0. The lowest BCUT2D eigenvalue weighted by Crippen LogP contribution is -2.30. The highest BCUT2D eigenvalue weighted by molar-refractivity contribution is 9.10. The number of hydrogen-bond acceptors (Lipinski definition) is 2. The number of halogens is 1. The van der Waals surface area contributed by atoms with E-state index in [4.69, 9.17) is 4.74 Å². The summed E-state index contributed by atoms with van der Waals surface area (Å²) in [5.74, 6) is 1.09. The lowest BCUT2D eigenvalue weighted by Gasteiger charge is -2.29. The van der Waals surface area contributed by atoms with Gasteiger partial charge >= 0.3 is 0 Å². The van der Waals surface area contributed by atoms with Gasteiger partial charge in [-0.15, -0.1) is 0 Å². The molecule has 0 amide bonds. The number of alkyl halides is 1. The van der Waals surface area contributed by atoms with Gasteiger partial charge in [0.1, 0.15) is 5.75 Å². The molecule has 2 atom stereocenters. The zero-order valence-electron chi connectivity index (χ0n) is 11.2. The van der Waals surface area contributed by atoms with Gasteiger partial charge in [0.25, 0.3) is 0 Å². The van der Waals surface area contributed by atoms with Crippen molar-refractivity contribution in [2.45, 2.75) is 17.2 Å². The quantitative estimate of drug-likeness (QED) is 0.778. The van der Waals surface area contributed by atoms with E-state index in [-0.39, 0.29) is 16.5 Å². The summed E-state index contributed by atoms with van der Waals surface area (Å²) in [6.07, 6.45) is 0.811. The summed E-state index contributed by atoms with van der Waals surface area (Å²) in [4.78, 5) is 12.4. The van der Waals surface area contributed by atoms with Crippen LogP contribution in [0.3, 0.4) is 0 Å². The molecule has 1 aliphatic carbocycles. The number of rotatable bonds is 2. The number of fused-ring (bicyclic) bond motifs is 1. The number of Topliss-reactive ketones (excluding diaryl/α,β-unsaturated/α-hetero) is 1. The maximum absolute atomic E-state index is 12.6. The van der Waals surface area contributed by atoms with Crippen LogP contribution in [0.4, 0.5) is 0 Å². The molecule has 0 heterocycles. The van der Waals surface area contributed by atoms with E-state index in [1.54, 1.807) is 7.11 Å². The first-order valence-corrected chi connectivity index (χ1v) is 7.53. The van der Waals surface area contributed by atoms with Gasteiger partial charge in [0, 0.05) is 17.0 Å². The van der Waals surface area contributed by atoms with Crippen molar-refractivity contribution in [2.24, 2.45) is 0 Å². The van der Waals surface area contributed by atoms with Crippen LogP contribution in [0.5, 0.6) is 5.75 Å². The Balaban J connectivity index is 2.08. The molecule has 0 bridgehead atoms. The lowest BCUT2D eigenvalue weighted by atomic mass is 9.79. The third-order valence-corrected chi connectivity index (χ3v) is 4.93. The van der Waals surface area contributed by atoms with Crippen molar-refractivity contribution >= 4 is 21.7 Å². The summed E-state index contributed by atoms with van der Waals surface area (Å²) in [6.45, 7) is 0. The minimum absolute atomic E-state index is 0.138. The molecule has 2 nitrogen and oxygen atoms in total. The molecule has 2 aromatic carbocycles. The van der Waals surface area contributed by atoms with Crippen LogP contribution in [0, 0.1) is 0 Å². The van der Waals surface area contributed by atoms with Crippen molar-refractivity contribution in [3.63, 3.8) is 0 Å². The summed E-state index contributed by atoms with van der Waals surface area (Å²) in [5.41, 5.74) is 2.97. The minimum Gasteiger partial charge on any atom is -0.496 e. The first-order valence-electron chi connectivity index (χ1n) is 6.61. The number of ether oxygens (including phenoxy) is 1. The van der Waals surface area contributed by atoms with Crippen molar-refractivity contribution in [3.05, 3.63) is 65.2 Å². The van der Waals surface area contributed by atoms with Gasteiger partial charge in [-0.2, -0.15) is 0 Å². The molecule has 1 aliphatic rings. The number of carbonyl (C=O) groups is 1. The fraction of sp³-hybridized carbons (Fsp3) is 0.235. The van der Waals surface area contributed by atoms with Crippen molar-refractivity contribution in [3.8, 4) is 5.75 Å². The maximum Gasteiger partial charge on any atom is 0.177 e. The molecule has 0 N–H and O–H groups in total. The van der Waals surface area contributed by atoms with E-state index in [0.29, 0.717) is 0 Å². The van der Waals surface area contributed by atoms with Gasteiger partial charge in [0.05, 0.1) is 11.9 Å². The third kappa shape index (κ3) is 2.16. The molecular formula is C17H15BrO2. The predicted molar refractivity (Wildman–Crippen MR) is 82.9 cm³/mol. The van der Waals surface area contributed by atoms with Gasteiger partial charge in [0.2, 0.25) is 0 Å². The van der Waals surface area contributed by atoms with Gasteiger partial charge in [0.15, 0.2) is 5.78 Å². The van der Waals surface area contributed by atoms with Crippen LogP contribution in [0.2, 0.25) is 0 Å². The number of benzene rings is 2. The van der Waals surface area contributed by atoms with Crippen LogP contribution in [0.15, 0.2) is 48.5 Å². The minimum atomic E-state index is -0.176. The van der Waals surface area contributed by atoms with E-state index < -0.39 is 0 Å². The molecule has 0 aliphatic heterocycles. The second-order valence-corrected chi connectivity index (χ2v) is 5.96. The second kappa shape index (κ2) is 5.41. The first kappa shape index (κ1) is 13.4. The SMILES string of the molecule is COc1cccc2c1CC(c1ccccc1)C(Br)C2=O. The van der Waals surface area contributed by atoms with E-state index in [9.17, 15) is 4.79 Å². The Kier molecular flexibility index (Phi) is 3.62. The monoisotopic (exact) mass is 330 g/mol. The van der Waals surface area contributed by atoms with Gasteiger partial charge in [-0.05, 0) is 18.1 Å². The first-order chi connectivity index (χ1) is 9.72. The number of ketones is 1. The molecule has 0 fully saturated rings. The Morgan fingerprint density at radius 3 is 2.55 bits per heavy atom. The van der Waals surface area contributed by atoms with Gasteiger partial charge in [-0.1, -0.05) is 58.4 Å². The van der Waals surface area contributed by atoms with Crippen LogP contribution in [0.1, 0.15) is 27.4 Å². The zero-order valence-corrected chi connectivity index (χ0v) is 12.8. The van der Waals surface area contributed by atoms with E-state index in [1.165, 1.54) is 5.56 Å². The van der Waals surface area contributed by atoms with Crippen molar-refractivity contribution in [1.82, 2.24) is 0 Å². The highest BCUT2D eigenvalue weighted by atomic mass is 79.9. The van der Waals surface area contributed by atoms with E-state index >= 15 is 0 Å². The van der Waals surface area contributed by atoms with Crippen molar-refractivity contribution < 1.29 is 9.53 Å². The van der Waals surface area contributed by atoms with Crippen molar-refractivity contribution in [1.29, 1.82) is 0 Å². The van der Waals surface area contributed by atoms with Gasteiger partial charge < -0.3 is 4.74 Å². The topological polar surface area (TPSA) is 26.3 Å². The molecule has 2 unspecified atom stereocenters. The van der Waals surface area contributed by atoms with E-state index in [2.05, 4.69) is 28.1 Å². The normalized spacial score (nSPS) is 21.4. The molecule has 102 valence electrons. The van der Waals surface area contributed by atoms with E-state index in [0.717, 1.165) is 23.3 Å². The van der Waals surface area contributed by atoms with E-state index in [1.807, 2.05) is 36.4 Å². The zero-order chi connectivity index (χ0) is 14.1. The Hall–Kier alpha value is -1.61. The fourth-order valence-corrected chi connectivity index (χ4v) is 3.58. The standard InChI is InChI=1S/C17H15BrO2/c1-20-15-9-5-8-12-14(15)10-13(16(18)17(12)19)11-6-3-2-4-7-11/h2-9,13,16H,10H2,1H3. The molecule has 3 rings (SSSR count). The second-order valence-electron chi connectivity index (χ2n) is 4.97. The Morgan fingerprint density at radius 2 is 1.85 bits per heavy atom. The number of hydrogen-bond donors (Lipinski definition) is 0. The maximum atomic E-state index is 12.6. The summed E-state index contributed by atoms with van der Waals surface area (Å²) >= 11 is 3.58. The third-order valence-electron chi connectivity index (χ3n) is 3.87. The average Bonchev–Trinajstić information content (AvgIpc) is 2.51. The molecule has 20 heavy (non-hydrogen) atoms.